The fraction of sp³-hybridized carbons (Fsp3) is 0.440. The highest BCUT2D eigenvalue weighted by molar-refractivity contribution is 5.72. The predicted octanol–water partition coefficient (Wildman–Crippen LogP) is 6.05. The zero-order chi connectivity index (χ0) is 18.9. The lowest BCUT2D eigenvalue weighted by atomic mass is 9.62. The van der Waals surface area contributed by atoms with Gasteiger partial charge in [-0.1, -0.05) is 81.8 Å². The van der Waals surface area contributed by atoms with Crippen molar-refractivity contribution in [3.63, 3.8) is 0 Å². The Kier molecular flexibility index (Phi) is 5.12. The predicted molar refractivity (Wildman–Crippen MR) is 113 cm³/mol. The maximum absolute atomic E-state index is 9.57. The minimum Gasteiger partial charge on any atom is -0.396 e. The summed E-state index contributed by atoms with van der Waals surface area (Å²) in [5.41, 5.74) is 8.32. The molecule has 0 radical (unpaired) electrons. The maximum Gasteiger partial charge on any atom is 0.0471 e. The Morgan fingerprint density at radius 2 is 1.46 bits per heavy atom. The normalized spacial score (nSPS) is 18.1. The van der Waals surface area contributed by atoms with Gasteiger partial charge in [0.2, 0.25) is 0 Å². The van der Waals surface area contributed by atoms with E-state index in [1.54, 1.807) is 0 Å². The van der Waals surface area contributed by atoms with Crippen LogP contribution in [0.25, 0.3) is 12.2 Å². The van der Waals surface area contributed by atoms with Gasteiger partial charge in [-0.2, -0.15) is 0 Å². The van der Waals surface area contributed by atoms with Crippen LogP contribution in [0.4, 0.5) is 0 Å². The lowest BCUT2D eigenvalue weighted by Gasteiger charge is -2.42. The molecule has 0 atom stereocenters. The molecule has 2 aromatic carbocycles. The molecule has 1 aliphatic carbocycles. The zero-order valence-corrected chi connectivity index (χ0v) is 16.9. The quantitative estimate of drug-likeness (QED) is 0.667. The summed E-state index contributed by atoms with van der Waals surface area (Å²) in [4.78, 5) is 0. The molecule has 26 heavy (non-hydrogen) atoms. The fourth-order valence-electron chi connectivity index (χ4n) is 4.03. The van der Waals surface area contributed by atoms with Crippen LogP contribution in [0.2, 0.25) is 0 Å². The highest BCUT2D eigenvalue weighted by Crippen LogP contribution is 2.46. The third-order valence-corrected chi connectivity index (χ3v) is 6.03. The monoisotopic (exact) mass is 348 g/mol. The second-order valence-corrected chi connectivity index (χ2v) is 9.08. The molecule has 0 fully saturated rings. The van der Waals surface area contributed by atoms with E-state index in [2.05, 4.69) is 83.2 Å². The first-order valence-electron chi connectivity index (χ1n) is 9.76. The molecule has 1 heteroatoms. The Morgan fingerprint density at radius 1 is 0.885 bits per heavy atom. The molecule has 0 heterocycles. The van der Waals surface area contributed by atoms with Crippen molar-refractivity contribution in [3.05, 3.63) is 69.8 Å². The minimum atomic E-state index is 0.188. The third-order valence-electron chi connectivity index (χ3n) is 6.03. The number of rotatable bonds is 4. The Labute approximate surface area is 158 Å². The largest absolute Gasteiger partial charge is 0.396 e. The van der Waals surface area contributed by atoms with E-state index in [1.807, 2.05) is 0 Å². The van der Waals surface area contributed by atoms with Gasteiger partial charge in [-0.05, 0) is 64.8 Å². The lowest BCUT2D eigenvalue weighted by Crippen LogP contribution is -2.34. The van der Waals surface area contributed by atoms with Gasteiger partial charge < -0.3 is 5.11 Å². The first-order valence-corrected chi connectivity index (χ1v) is 9.76. The van der Waals surface area contributed by atoms with E-state index >= 15 is 0 Å². The minimum absolute atomic E-state index is 0.188. The number of aliphatic hydroxyl groups is 1. The smallest absolute Gasteiger partial charge is 0.0471 e. The second-order valence-electron chi connectivity index (χ2n) is 9.08. The van der Waals surface area contributed by atoms with Crippen LogP contribution in [0.1, 0.15) is 73.9 Å². The van der Waals surface area contributed by atoms with E-state index in [-0.39, 0.29) is 17.4 Å². The number of benzene rings is 2. The summed E-state index contributed by atoms with van der Waals surface area (Å²) in [5, 5.41) is 9.57. The molecule has 2 aromatic rings. The highest BCUT2D eigenvalue weighted by atomic mass is 16.2. The molecule has 0 aromatic heterocycles. The molecule has 1 aliphatic rings. The van der Waals surface area contributed by atoms with Gasteiger partial charge in [0.05, 0.1) is 0 Å². The Morgan fingerprint density at radius 3 is 2.04 bits per heavy atom. The standard InChI is InChI=1S/C25H32O/c1-18-6-8-19(9-7-18)10-11-20-16-22-23(17-21(20)12-15-26)25(4,5)14-13-24(22,2)3/h6-11,16-17,26H,12-15H2,1-5H3/b11-10+. The van der Waals surface area contributed by atoms with Crippen LogP contribution in [0.15, 0.2) is 36.4 Å². The van der Waals surface area contributed by atoms with Crippen LogP contribution in [-0.2, 0) is 17.3 Å². The van der Waals surface area contributed by atoms with Gasteiger partial charge in [-0.3, -0.25) is 0 Å². The van der Waals surface area contributed by atoms with Crippen LogP contribution in [0.3, 0.4) is 0 Å². The molecule has 0 saturated heterocycles. The van der Waals surface area contributed by atoms with Crippen LogP contribution < -0.4 is 0 Å². The SMILES string of the molecule is Cc1ccc(/C=C/c2cc3c(cc2CCO)C(C)(C)CCC3(C)C)cc1. The summed E-state index contributed by atoms with van der Waals surface area (Å²) in [7, 11) is 0. The molecule has 0 saturated carbocycles. The van der Waals surface area contributed by atoms with Crippen molar-refractivity contribution in [1.82, 2.24) is 0 Å². The molecule has 1 nitrogen and oxygen atoms in total. The second kappa shape index (κ2) is 7.04. The molecule has 3 rings (SSSR count). The number of aliphatic hydroxyl groups excluding tert-OH is 1. The molecule has 0 spiro atoms. The summed E-state index contributed by atoms with van der Waals surface area (Å²) in [6.07, 6.45) is 7.53. The average molecular weight is 349 g/mol. The van der Waals surface area contributed by atoms with E-state index in [1.165, 1.54) is 46.2 Å². The average Bonchev–Trinajstić information content (AvgIpc) is 2.59. The molecule has 0 amide bonds. The van der Waals surface area contributed by atoms with E-state index in [0.717, 1.165) is 0 Å². The van der Waals surface area contributed by atoms with Gasteiger partial charge in [0.1, 0.15) is 0 Å². The van der Waals surface area contributed by atoms with E-state index in [9.17, 15) is 5.11 Å². The van der Waals surface area contributed by atoms with Crippen molar-refractivity contribution in [2.45, 2.75) is 64.7 Å². The Hall–Kier alpha value is -1.86. The summed E-state index contributed by atoms with van der Waals surface area (Å²) in [5.74, 6) is 0. The van der Waals surface area contributed by atoms with Crippen molar-refractivity contribution < 1.29 is 5.11 Å². The maximum atomic E-state index is 9.57. The zero-order valence-electron chi connectivity index (χ0n) is 16.9. The number of fused-ring (bicyclic) bond motifs is 1. The molecule has 138 valence electrons. The van der Waals surface area contributed by atoms with Gasteiger partial charge in [0.25, 0.3) is 0 Å². The summed E-state index contributed by atoms with van der Waals surface area (Å²) in [6.45, 7) is 11.7. The first-order chi connectivity index (χ1) is 12.2. The summed E-state index contributed by atoms with van der Waals surface area (Å²) in [6, 6.07) is 13.3. The van der Waals surface area contributed by atoms with Crippen LogP contribution in [-0.4, -0.2) is 11.7 Å². The van der Waals surface area contributed by atoms with Crippen LogP contribution in [0.5, 0.6) is 0 Å². The number of hydrogen-bond donors (Lipinski definition) is 1. The molecule has 0 unspecified atom stereocenters. The van der Waals surface area contributed by atoms with Crippen molar-refractivity contribution in [2.24, 2.45) is 0 Å². The van der Waals surface area contributed by atoms with Crippen LogP contribution in [0, 0.1) is 6.92 Å². The van der Waals surface area contributed by atoms with Crippen molar-refractivity contribution in [1.29, 1.82) is 0 Å². The number of hydrogen-bond acceptors (Lipinski definition) is 1. The third kappa shape index (κ3) is 3.78. The topological polar surface area (TPSA) is 20.2 Å². The van der Waals surface area contributed by atoms with Gasteiger partial charge in [0, 0.05) is 6.61 Å². The van der Waals surface area contributed by atoms with Gasteiger partial charge in [-0.25, -0.2) is 0 Å². The van der Waals surface area contributed by atoms with Gasteiger partial charge >= 0.3 is 0 Å². The summed E-state index contributed by atoms with van der Waals surface area (Å²) >= 11 is 0. The van der Waals surface area contributed by atoms with E-state index < -0.39 is 0 Å². The fourth-order valence-corrected chi connectivity index (χ4v) is 4.03. The highest BCUT2D eigenvalue weighted by Gasteiger charge is 2.37. The van der Waals surface area contributed by atoms with E-state index in [0.29, 0.717) is 6.42 Å². The summed E-state index contributed by atoms with van der Waals surface area (Å²) < 4.78 is 0. The van der Waals surface area contributed by atoms with Crippen molar-refractivity contribution in [3.8, 4) is 0 Å². The lowest BCUT2D eigenvalue weighted by molar-refractivity contribution is 0.298. The molecule has 0 bridgehead atoms. The Balaban J connectivity index is 2.08. The van der Waals surface area contributed by atoms with Gasteiger partial charge in [-0.15, -0.1) is 0 Å². The first kappa shape index (κ1) is 18.9. The molecule has 1 N–H and O–H groups in total. The van der Waals surface area contributed by atoms with E-state index in [4.69, 9.17) is 0 Å². The molecular formula is C25H32O. The Bertz CT molecular complexity index is 807. The van der Waals surface area contributed by atoms with Gasteiger partial charge in [0.15, 0.2) is 0 Å². The van der Waals surface area contributed by atoms with Crippen molar-refractivity contribution >= 4 is 12.2 Å². The molecule has 0 aliphatic heterocycles. The number of aryl methyl sites for hydroxylation is 1. The molecular weight excluding hydrogens is 316 g/mol. The van der Waals surface area contributed by atoms with Crippen molar-refractivity contribution in [2.75, 3.05) is 6.61 Å². The van der Waals surface area contributed by atoms with Crippen LogP contribution >= 0.6 is 0 Å².